The van der Waals surface area contributed by atoms with Crippen LogP contribution in [0.15, 0.2) is 48.5 Å². The summed E-state index contributed by atoms with van der Waals surface area (Å²) in [6.07, 6.45) is 0. The summed E-state index contributed by atoms with van der Waals surface area (Å²) in [5.41, 5.74) is 11.0. The molecule has 0 heteroatoms. The highest BCUT2D eigenvalue weighted by Gasteiger charge is 2.04. The molecule has 4 aromatic carbocycles. The van der Waals surface area contributed by atoms with Crippen molar-refractivity contribution in [3.63, 3.8) is 0 Å². The van der Waals surface area contributed by atoms with Crippen LogP contribution in [0.2, 0.25) is 0 Å². The van der Waals surface area contributed by atoms with Crippen LogP contribution < -0.4 is 0 Å². The predicted molar refractivity (Wildman–Crippen MR) is 126 cm³/mol. The van der Waals surface area contributed by atoms with Crippen molar-refractivity contribution >= 4 is 21.5 Å². The van der Waals surface area contributed by atoms with Gasteiger partial charge in [0.2, 0.25) is 0 Å². The van der Waals surface area contributed by atoms with Crippen LogP contribution in [-0.2, 0) is 0 Å². The Labute approximate surface area is 170 Å². The molecular formula is C28H32. The highest BCUT2D eigenvalue weighted by Crippen LogP contribution is 2.27. The molecule has 0 atom stereocenters. The molecule has 0 aliphatic rings. The summed E-state index contributed by atoms with van der Waals surface area (Å²) in [5.74, 6) is 0. The van der Waals surface area contributed by atoms with Crippen molar-refractivity contribution in [3.05, 3.63) is 93.0 Å². The Balaban J connectivity index is 0.000000161. The first-order valence-electron chi connectivity index (χ1n) is 10.1. The molecule has 0 N–H and O–H groups in total. The van der Waals surface area contributed by atoms with E-state index in [1.165, 1.54) is 66.1 Å². The lowest BCUT2D eigenvalue weighted by molar-refractivity contribution is 1.38. The molecule has 4 rings (SSSR count). The molecule has 0 fully saturated rings. The third-order valence-electron chi connectivity index (χ3n) is 5.65. The molecule has 144 valence electrons. The molecule has 0 saturated carbocycles. The zero-order valence-electron chi connectivity index (χ0n) is 18.6. The van der Waals surface area contributed by atoms with E-state index in [4.69, 9.17) is 0 Å². The molecular weight excluding hydrogens is 336 g/mol. The van der Waals surface area contributed by atoms with Gasteiger partial charge in [0.25, 0.3) is 0 Å². The Kier molecular flexibility index (Phi) is 5.61. The SMILES string of the molecule is Cc1cc(C)c2c(C)ccc(C)c2c1.Cc1cc(C)c2cc(C)cc(C)c2c1. The second kappa shape index (κ2) is 7.80. The van der Waals surface area contributed by atoms with Gasteiger partial charge in [0.15, 0.2) is 0 Å². The highest BCUT2D eigenvalue weighted by molar-refractivity contribution is 5.92. The van der Waals surface area contributed by atoms with E-state index in [2.05, 4.69) is 104 Å². The normalized spacial score (nSPS) is 10.9. The average molecular weight is 369 g/mol. The molecule has 0 spiro atoms. The van der Waals surface area contributed by atoms with Crippen molar-refractivity contribution in [2.24, 2.45) is 0 Å². The van der Waals surface area contributed by atoms with Gasteiger partial charge in [-0.25, -0.2) is 0 Å². The standard InChI is InChI=1S/2C14H16/c1-9-5-11(3)14-8-10(2)6-12(4)13(14)7-9;1-9-7-12(4)14-11(3)6-5-10(2)13(14)8-9/h2*5-8H,1-4H3. The third-order valence-corrected chi connectivity index (χ3v) is 5.65. The molecule has 0 aliphatic carbocycles. The number of fused-ring (bicyclic) bond motifs is 2. The van der Waals surface area contributed by atoms with Crippen molar-refractivity contribution in [2.75, 3.05) is 0 Å². The fourth-order valence-electron chi connectivity index (χ4n) is 4.41. The summed E-state index contributed by atoms with van der Waals surface area (Å²) >= 11 is 0. The monoisotopic (exact) mass is 368 g/mol. The highest BCUT2D eigenvalue weighted by atomic mass is 14.1. The molecule has 4 aromatic rings. The van der Waals surface area contributed by atoms with E-state index >= 15 is 0 Å². The minimum absolute atomic E-state index is 1.35. The summed E-state index contributed by atoms with van der Waals surface area (Å²) in [7, 11) is 0. The molecule has 28 heavy (non-hydrogen) atoms. The molecule has 0 saturated heterocycles. The van der Waals surface area contributed by atoms with E-state index in [0.29, 0.717) is 0 Å². The zero-order chi connectivity index (χ0) is 20.6. The van der Waals surface area contributed by atoms with E-state index in [-0.39, 0.29) is 0 Å². The van der Waals surface area contributed by atoms with E-state index in [1.807, 2.05) is 0 Å². The Bertz CT molecular complexity index is 1130. The molecule has 0 unspecified atom stereocenters. The van der Waals surface area contributed by atoms with Crippen LogP contribution in [0.4, 0.5) is 0 Å². The molecule has 0 amide bonds. The summed E-state index contributed by atoms with van der Waals surface area (Å²) < 4.78 is 0. The molecule has 0 nitrogen and oxygen atoms in total. The first-order valence-corrected chi connectivity index (χ1v) is 10.1. The van der Waals surface area contributed by atoms with Gasteiger partial charge >= 0.3 is 0 Å². The maximum Gasteiger partial charge on any atom is -0.0123 e. The van der Waals surface area contributed by atoms with Gasteiger partial charge in [-0.05, 0) is 105 Å². The molecule has 0 radical (unpaired) electrons. The van der Waals surface area contributed by atoms with Crippen molar-refractivity contribution in [1.82, 2.24) is 0 Å². The van der Waals surface area contributed by atoms with Crippen LogP contribution in [0.3, 0.4) is 0 Å². The van der Waals surface area contributed by atoms with Gasteiger partial charge in [0.05, 0.1) is 0 Å². The Morgan fingerprint density at radius 1 is 0.357 bits per heavy atom. The van der Waals surface area contributed by atoms with Gasteiger partial charge in [-0.3, -0.25) is 0 Å². The number of rotatable bonds is 0. The summed E-state index contributed by atoms with van der Waals surface area (Å²) in [6.45, 7) is 17.4. The number of aryl methyl sites for hydroxylation is 8. The van der Waals surface area contributed by atoms with Crippen molar-refractivity contribution in [1.29, 1.82) is 0 Å². The first-order chi connectivity index (χ1) is 13.2. The van der Waals surface area contributed by atoms with Crippen LogP contribution in [0, 0.1) is 55.4 Å². The van der Waals surface area contributed by atoms with Crippen LogP contribution in [0.1, 0.15) is 44.5 Å². The van der Waals surface area contributed by atoms with Gasteiger partial charge < -0.3 is 0 Å². The Morgan fingerprint density at radius 3 is 1.25 bits per heavy atom. The maximum atomic E-state index is 2.28. The number of hydrogen-bond acceptors (Lipinski definition) is 0. The van der Waals surface area contributed by atoms with E-state index in [0.717, 1.165) is 0 Å². The lowest BCUT2D eigenvalue weighted by Gasteiger charge is -2.09. The topological polar surface area (TPSA) is 0 Å². The summed E-state index contributed by atoms with van der Waals surface area (Å²) in [6, 6.07) is 18.0. The Morgan fingerprint density at radius 2 is 0.750 bits per heavy atom. The maximum absolute atomic E-state index is 2.28. The predicted octanol–water partition coefficient (Wildman–Crippen LogP) is 8.15. The molecule has 0 aromatic heterocycles. The lowest BCUT2D eigenvalue weighted by atomic mass is 9.95. The van der Waals surface area contributed by atoms with Crippen LogP contribution in [0.5, 0.6) is 0 Å². The molecule has 0 bridgehead atoms. The van der Waals surface area contributed by atoms with E-state index < -0.39 is 0 Å². The summed E-state index contributed by atoms with van der Waals surface area (Å²) in [4.78, 5) is 0. The second-order valence-electron chi connectivity index (χ2n) is 8.46. The van der Waals surface area contributed by atoms with Crippen LogP contribution in [0.25, 0.3) is 21.5 Å². The largest absolute Gasteiger partial charge is 0.0584 e. The van der Waals surface area contributed by atoms with Crippen LogP contribution >= 0.6 is 0 Å². The van der Waals surface area contributed by atoms with Gasteiger partial charge in [-0.15, -0.1) is 0 Å². The second-order valence-corrected chi connectivity index (χ2v) is 8.46. The van der Waals surface area contributed by atoms with E-state index in [1.54, 1.807) is 0 Å². The van der Waals surface area contributed by atoms with Crippen molar-refractivity contribution < 1.29 is 0 Å². The zero-order valence-corrected chi connectivity index (χ0v) is 18.6. The third kappa shape index (κ3) is 3.97. The van der Waals surface area contributed by atoms with E-state index in [9.17, 15) is 0 Å². The van der Waals surface area contributed by atoms with Crippen molar-refractivity contribution in [2.45, 2.75) is 55.4 Å². The first kappa shape index (κ1) is 20.1. The average Bonchev–Trinajstić information content (AvgIpc) is 2.59. The minimum Gasteiger partial charge on any atom is -0.0584 e. The quantitative estimate of drug-likeness (QED) is 0.294. The smallest absolute Gasteiger partial charge is 0.0123 e. The summed E-state index contributed by atoms with van der Waals surface area (Å²) in [5, 5.41) is 5.62. The van der Waals surface area contributed by atoms with Crippen LogP contribution in [-0.4, -0.2) is 0 Å². The minimum atomic E-state index is 1.35. The number of benzene rings is 4. The van der Waals surface area contributed by atoms with Crippen molar-refractivity contribution in [3.8, 4) is 0 Å². The fourth-order valence-corrected chi connectivity index (χ4v) is 4.41. The van der Waals surface area contributed by atoms with Gasteiger partial charge in [0, 0.05) is 0 Å². The number of hydrogen-bond donors (Lipinski definition) is 0. The van der Waals surface area contributed by atoms with Gasteiger partial charge in [-0.1, -0.05) is 65.2 Å². The molecule has 0 heterocycles. The lowest BCUT2D eigenvalue weighted by Crippen LogP contribution is -1.87. The fraction of sp³-hybridized carbons (Fsp3) is 0.286. The van der Waals surface area contributed by atoms with Gasteiger partial charge in [0.1, 0.15) is 0 Å². The molecule has 0 aliphatic heterocycles. The van der Waals surface area contributed by atoms with Gasteiger partial charge in [-0.2, -0.15) is 0 Å². The Hall–Kier alpha value is -2.60.